The van der Waals surface area contributed by atoms with E-state index in [1.807, 2.05) is 35.7 Å². The molecule has 4 aromatic rings. The van der Waals surface area contributed by atoms with Gasteiger partial charge in [0.05, 0.1) is 30.0 Å². The molecule has 0 atom stereocenters. The van der Waals surface area contributed by atoms with Crippen molar-refractivity contribution in [2.24, 2.45) is 0 Å². The van der Waals surface area contributed by atoms with Crippen molar-refractivity contribution in [2.45, 2.75) is 0 Å². The smallest absolute Gasteiger partial charge is 0.260 e. The molecule has 4 rings (SSSR count). The Bertz CT molecular complexity index is 1080. The van der Waals surface area contributed by atoms with Crippen LogP contribution in [0.1, 0.15) is 10.4 Å². The monoisotopic (exact) mass is 396 g/mol. The molecule has 136 valence electrons. The molecule has 2 aromatic heterocycles. The van der Waals surface area contributed by atoms with Gasteiger partial charge in [-0.1, -0.05) is 12.1 Å². The first-order chi connectivity index (χ1) is 13.2. The van der Waals surface area contributed by atoms with Gasteiger partial charge in [-0.2, -0.15) is 0 Å². The fourth-order valence-corrected chi connectivity index (χ4v) is 4.57. The second-order valence-electron chi connectivity index (χ2n) is 5.67. The molecular formula is C20H16N2O3S2. The van der Waals surface area contributed by atoms with E-state index in [0.717, 1.165) is 25.8 Å². The van der Waals surface area contributed by atoms with E-state index in [9.17, 15) is 4.79 Å². The molecule has 2 aromatic carbocycles. The summed E-state index contributed by atoms with van der Waals surface area (Å²) in [6, 6.07) is 15.1. The maximum atomic E-state index is 12.9. The van der Waals surface area contributed by atoms with Crippen molar-refractivity contribution >= 4 is 43.8 Å². The Morgan fingerprint density at radius 2 is 1.93 bits per heavy atom. The van der Waals surface area contributed by atoms with Crippen molar-refractivity contribution in [2.75, 3.05) is 19.5 Å². The maximum Gasteiger partial charge on any atom is 0.260 e. The molecule has 0 aliphatic heterocycles. The van der Waals surface area contributed by atoms with Gasteiger partial charge in [-0.15, -0.1) is 22.7 Å². The van der Waals surface area contributed by atoms with Crippen molar-refractivity contribution < 1.29 is 14.3 Å². The highest BCUT2D eigenvalue weighted by Crippen LogP contribution is 2.38. The van der Waals surface area contributed by atoms with Crippen molar-refractivity contribution in [3.8, 4) is 22.1 Å². The zero-order valence-corrected chi connectivity index (χ0v) is 16.3. The first kappa shape index (κ1) is 17.5. The lowest BCUT2D eigenvalue weighted by molar-refractivity contribution is 0.102. The molecule has 0 unspecified atom stereocenters. The number of thiazole rings is 1. The van der Waals surface area contributed by atoms with Crippen molar-refractivity contribution in [1.29, 1.82) is 0 Å². The third-order valence-electron chi connectivity index (χ3n) is 4.07. The molecule has 2 heterocycles. The normalized spacial score (nSPS) is 10.7. The Labute approximate surface area is 164 Å². The number of rotatable bonds is 5. The summed E-state index contributed by atoms with van der Waals surface area (Å²) in [5, 5.41) is 6.56. The molecule has 0 saturated carbocycles. The van der Waals surface area contributed by atoms with Crippen molar-refractivity contribution in [1.82, 2.24) is 4.98 Å². The van der Waals surface area contributed by atoms with Gasteiger partial charge >= 0.3 is 0 Å². The van der Waals surface area contributed by atoms with Gasteiger partial charge in [0.15, 0.2) is 0 Å². The number of amides is 1. The molecule has 0 aliphatic rings. The molecule has 7 heteroatoms. The predicted octanol–water partition coefficient (Wildman–Crippen LogP) is 5.29. The molecule has 0 saturated heterocycles. The third kappa shape index (κ3) is 3.39. The van der Waals surface area contributed by atoms with Gasteiger partial charge in [-0.25, -0.2) is 4.98 Å². The molecule has 27 heavy (non-hydrogen) atoms. The molecule has 0 radical (unpaired) electrons. The summed E-state index contributed by atoms with van der Waals surface area (Å²) in [7, 11) is 3.10. The van der Waals surface area contributed by atoms with Crippen LogP contribution in [0.2, 0.25) is 0 Å². The lowest BCUT2D eigenvalue weighted by atomic mass is 10.1. The molecule has 0 aliphatic carbocycles. The van der Waals surface area contributed by atoms with E-state index in [1.54, 1.807) is 36.6 Å². The minimum atomic E-state index is -0.254. The number of carbonyl (C=O) groups is 1. The van der Waals surface area contributed by atoms with Crippen LogP contribution in [0, 0.1) is 0 Å². The van der Waals surface area contributed by atoms with E-state index in [2.05, 4.69) is 10.3 Å². The Kier molecular flexibility index (Phi) is 4.79. The van der Waals surface area contributed by atoms with Gasteiger partial charge < -0.3 is 14.8 Å². The van der Waals surface area contributed by atoms with E-state index < -0.39 is 0 Å². The highest BCUT2D eigenvalue weighted by Gasteiger charge is 2.18. The van der Waals surface area contributed by atoms with Crippen LogP contribution in [0.25, 0.3) is 20.8 Å². The van der Waals surface area contributed by atoms with E-state index in [0.29, 0.717) is 17.1 Å². The topological polar surface area (TPSA) is 60.5 Å². The maximum absolute atomic E-state index is 12.9. The van der Waals surface area contributed by atoms with Crippen molar-refractivity contribution in [3.63, 3.8) is 0 Å². The largest absolute Gasteiger partial charge is 0.497 e. The average Bonchev–Trinajstić information content (AvgIpc) is 3.33. The second-order valence-corrected chi connectivity index (χ2v) is 7.62. The Morgan fingerprint density at radius 3 is 2.70 bits per heavy atom. The highest BCUT2D eigenvalue weighted by molar-refractivity contribution is 7.22. The zero-order valence-electron chi connectivity index (χ0n) is 14.7. The number of hydrogen-bond donors (Lipinski definition) is 1. The molecule has 0 fully saturated rings. The Balaban J connectivity index is 1.66. The number of para-hydroxylation sites is 1. The van der Waals surface area contributed by atoms with Gasteiger partial charge in [0, 0.05) is 5.56 Å². The number of aromatic nitrogens is 1. The van der Waals surface area contributed by atoms with Crippen LogP contribution < -0.4 is 14.8 Å². The van der Waals surface area contributed by atoms with Crippen LogP contribution in [-0.2, 0) is 0 Å². The quantitative estimate of drug-likeness (QED) is 0.498. The van der Waals surface area contributed by atoms with Crippen LogP contribution in [0.5, 0.6) is 11.5 Å². The van der Waals surface area contributed by atoms with E-state index in [4.69, 9.17) is 9.47 Å². The predicted molar refractivity (Wildman–Crippen MR) is 110 cm³/mol. The summed E-state index contributed by atoms with van der Waals surface area (Å²) < 4.78 is 11.7. The van der Waals surface area contributed by atoms with Gasteiger partial charge in [0.2, 0.25) is 0 Å². The van der Waals surface area contributed by atoms with Crippen LogP contribution in [0.3, 0.4) is 0 Å². The summed E-state index contributed by atoms with van der Waals surface area (Å²) >= 11 is 3.07. The average molecular weight is 396 g/mol. The Hall–Kier alpha value is -2.90. The molecule has 0 spiro atoms. The number of benzene rings is 2. The number of fused-ring (bicyclic) bond motifs is 1. The lowest BCUT2D eigenvalue weighted by Crippen LogP contribution is -2.13. The summed E-state index contributed by atoms with van der Waals surface area (Å²) in [5.74, 6) is 0.834. The van der Waals surface area contributed by atoms with E-state index in [-0.39, 0.29) is 5.91 Å². The minimum absolute atomic E-state index is 0.254. The molecule has 0 bridgehead atoms. The first-order valence-corrected chi connectivity index (χ1v) is 9.86. The summed E-state index contributed by atoms with van der Waals surface area (Å²) in [6.45, 7) is 0. The standard InChI is InChI=1S/C20H16N2O3S2/c1-24-12-7-8-16(25-2)14(11-12)18(23)22-19-13(9-10-26-19)20-21-15-5-3-4-6-17(15)27-20/h3-11H,1-2H3,(H,22,23). The number of hydrogen-bond acceptors (Lipinski definition) is 6. The lowest BCUT2D eigenvalue weighted by Gasteiger charge is -2.10. The zero-order chi connectivity index (χ0) is 18.8. The van der Waals surface area contributed by atoms with Gasteiger partial charge in [0.25, 0.3) is 5.91 Å². The van der Waals surface area contributed by atoms with Crippen LogP contribution in [-0.4, -0.2) is 25.1 Å². The minimum Gasteiger partial charge on any atom is -0.497 e. The summed E-state index contributed by atoms with van der Waals surface area (Å²) in [4.78, 5) is 17.5. The highest BCUT2D eigenvalue weighted by atomic mass is 32.1. The number of anilines is 1. The number of nitrogens with one attached hydrogen (secondary N) is 1. The SMILES string of the molecule is COc1ccc(OC)c(C(=O)Nc2sccc2-c2nc3ccccc3s2)c1. The van der Waals surface area contributed by atoms with Gasteiger partial charge in [0.1, 0.15) is 21.5 Å². The molecule has 5 nitrogen and oxygen atoms in total. The number of methoxy groups -OCH3 is 2. The van der Waals surface area contributed by atoms with Crippen LogP contribution in [0.15, 0.2) is 53.9 Å². The third-order valence-corrected chi connectivity index (χ3v) is 5.97. The van der Waals surface area contributed by atoms with Crippen LogP contribution >= 0.6 is 22.7 Å². The number of nitrogens with zero attached hydrogens (tertiary/aromatic N) is 1. The fourth-order valence-electron chi connectivity index (χ4n) is 2.72. The fraction of sp³-hybridized carbons (Fsp3) is 0.100. The molecule has 1 amide bonds. The molecule has 1 N–H and O–H groups in total. The van der Waals surface area contributed by atoms with Gasteiger partial charge in [-0.05, 0) is 41.8 Å². The van der Waals surface area contributed by atoms with Gasteiger partial charge in [-0.3, -0.25) is 4.79 Å². The number of carbonyl (C=O) groups excluding carboxylic acids is 1. The summed E-state index contributed by atoms with van der Waals surface area (Å²) in [5.41, 5.74) is 2.28. The Morgan fingerprint density at radius 1 is 1.07 bits per heavy atom. The van der Waals surface area contributed by atoms with Crippen LogP contribution in [0.4, 0.5) is 5.00 Å². The number of ether oxygens (including phenoxy) is 2. The second kappa shape index (κ2) is 7.38. The van der Waals surface area contributed by atoms with E-state index >= 15 is 0 Å². The number of thiophene rings is 1. The van der Waals surface area contributed by atoms with Crippen molar-refractivity contribution in [3.05, 3.63) is 59.5 Å². The first-order valence-electron chi connectivity index (χ1n) is 8.16. The summed E-state index contributed by atoms with van der Waals surface area (Å²) in [6.07, 6.45) is 0. The molecular weight excluding hydrogens is 380 g/mol. The van der Waals surface area contributed by atoms with E-state index in [1.165, 1.54) is 18.4 Å².